The molecule has 1 aromatic carbocycles. The summed E-state index contributed by atoms with van der Waals surface area (Å²) in [7, 11) is 0. The number of nitrogens with zero attached hydrogens (tertiary/aromatic N) is 1. The zero-order valence-corrected chi connectivity index (χ0v) is 16.1. The van der Waals surface area contributed by atoms with E-state index in [1.165, 1.54) is 0 Å². The number of aromatic amines is 1. The Kier molecular flexibility index (Phi) is 6.30. The molecule has 28 heavy (non-hydrogen) atoms. The van der Waals surface area contributed by atoms with Gasteiger partial charge >= 0.3 is 5.69 Å². The predicted octanol–water partition coefficient (Wildman–Crippen LogP) is 1.14. The van der Waals surface area contributed by atoms with Gasteiger partial charge in [-0.1, -0.05) is 6.07 Å². The first kappa shape index (κ1) is 19.9. The number of benzene rings is 1. The molecule has 1 atom stereocenters. The molecule has 1 aliphatic rings. The number of amides is 1. The van der Waals surface area contributed by atoms with Gasteiger partial charge in [-0.3, -0.25) is 14.2 Å². The topological polar surface area (TPSA) is 102 Å². The molecule has 150 valence electrons. The van der Waals surface area contributed by atoms with Crippen LogP contribution in [0.4, 0.5) is 0 Å². The van der Waals surface area contributed by atoms with Crippen molar-refractivity contribution in [3.63, 3.8) is 0 Å². The zero-order valence-electron chi connectivity index (χ0n) is 16.1. The monoisotopic (exact) mass is 387 g/mol. The zero-order chi connectivity index (χ0) is 20.1. The Morgan fingerprint density at radius 3 is 2.71 bits per heavy atom. The second-order valence-electron chi connectivity index (χ2n) is 6.99. The summed E-state index contributed by atoms with van der Waals surface area (Å²) < 4.78 is 12.1. The summed E-state index contributed by atoms with van der Waals surface area (Å²) in [5, 5.41) is 2.65. The van der Waals surface area contributed by atoms with Gasteiger partial charge in [0, 0.05) is 12.8 Å². The molecule has 1 amide bonds. The number of hydrogen-bond acceptors (Lipinski definition) is 5. The maximum atomic E-state index is 12.5. The summed E-state index contributed by atoms with van der Waals surface area (Å²) in [6.07, 6.45) is 2.66. The molecule has 0 radical (unpaired) electrons. The first-order chi connectivity index (χ1) is 13.4. The molecule has 8 nitrogen and oxygen atoms in total. The van der Waals surface area contributed by atoms with Gasteiger partial charge in [0.05, 0.1) is 19.2 Å². The van der Waals surface area contributed by atoms with Crippen molar-refractivity contribution in [2.75, 3.05) is 19.8 Å². The normalized spacial score (nSPS) is 16.1. The van der Waals surface area contributed by atoms with Gasteiger partial charge in [-0.25, -0.2) is 4.79 Å². The predicted molar refractivity (Wildman–Crippen MR) is 104 cm³/mol. The molecular weight excluding hydrogens is 362 g/mol. The fourth-order valence-corrected chi connectivity index (χ4v) is 3.28. The van der Waals surface area contributed by atoms with E-state index >= 15 is 0 Å². The summed E-state index contributed by atoms with van der Waals surface area (Å²) in [5.74, 6) is 0.182. The SMILES string of the molecule is Cc1cc(C)cc(OCCNC(=O)c2c[nH]c(=O)n(CC3CCCO3)c2=O)c1. The van der Waals surface area contributed by atoms with E-state index in [0.29, 0.717) is 6.61 Å². The maximum absolute atomic E-state index is 12.5. The van der Waals surface area contributed by atoms with Gasteiger partial charge in [0.15, 0.2) is 0 Å². The standard InChI is InChI=1S/C20H25N3O5/c1-13-8-14(2)10-16(9-13)28-7-5-21-18(24)17-11-22-20(26)23(19(17)25)12-15-4-3-6-27-15/h8-11,15H,3-7,12H2,1-2H3,(H,21,24)(H,22,26). The lowest BCUT2D eigenvalue weighted by Gasteiger charge is -2.12. The van der Waals surface area contributed by atoms with E-state index in [1.807, 2.05) is 32.0 Å². The lowest BCUT2D eigenvalue weighted by molar-refractivity contribution is 0.0919. The third kappa shape index (κ3) is 4.89. The summed E-state index contributed by atoms with van der Waals surface area (Å²) in [6, 6.07) is 5.88. The molecule has 0 aliphatic carbocycles. The molecule has 1 unspecified atom stereocenters. The molecule has 1 aliphatic heterocycles. The van der Waals surface area contributed by atoms with Crippen molar-refractivity contribution in [1.29, 1.82) is 0 Å². The summed E-state index contributed by atoms with van der Waals surface area (Å²) in [5.41, 5.74) is 0.921. The number of H-pyrrole nitrogens is 1. The van der Waals surface area contributed by atoms with Crippen molar-refractivity contribution in [1.82, 2.24) is 14.9 Å². The van der Waals surface area contributed by atoms with Gasteiger partial charge in [-0.2, -0.15) is 0 Å². The number of carbonyl (C=O) groups excluding carboxylic acids is 1. The average Bonchev–Trinajstić information content (AvgIpc) is 3.14. The van der Waals surface area contributed by atoms with Crippen molar-refractivity contribution in [2.45, 2.75) is 39.3 Å². The van der Waals surface area contributed by atoms with E-state index in [1.54, 1.807) is 0 Å². The van der Waals surface area contributed by atoms with Gasteiger partial charge in [0.1, 0.15) is 17.9 Å². The number of hydrogen-bond donors (Lipinski definition) is 2. The van der Waals surface area contributed by atoms with Crippen LogP contribution in [0.1, 0.15) is 34.3 Å². The second-order valence-corrected chi connectivity index (χ2v) is 6.99. The van der Waals surface area contributed by atoms with Crippen LogP contribution in [0, 0.1) is 13.8 Å². The van der Waals surface area contributed by atoms with Crippen LogP contribution in [-0.4, -0.2) is 41.3 Å². The summed E-state index contributed by atoms with van der Waals surface area (Å²) in [6.45, 7) is 5.24. The Balaban J connectivity index is 1.59. The molecule has 1 aromatic heterocycles. The minimum Gasteiger partial charge on any atom is -0.492 e. The number of aryl methyl sites for hydroxylation is 2. The van der Waals surface area contributed by atoms with E-state index in [-0.39, 0.29) is 31.4 Å². The van der Waals surface area contributed by atoms with Gasteiger partial charge < -0.3 is 19.8 Å². The fourth-order valence-electron chi connectivity index (χ4n) is 3.28. The third-order valence-corrected chi connectivity index (χ3v) is 4.57. The molecule has 2 N–H and O–H groups in total. The lowest BCUT2D eigenvalue weighted by Crippen LogP contribution is -2.43. The highest BCUT2D eigenvalue weighted by molar-refractivity contribution is 5.93. The smallest absolute Gasteiger partial charge is 0.328 e. The Bertz CT molecular complexity index is 937. The van der Waals surface area contributed by atoms with Gasteiger partial charge in [0.25, 0.3) is 11.5 Å². The van der Waals surface area contributed by atoms with Crippen molar-refractivity contribution in [2.24, 2.45) is 0 Å². The number of rotatable bonds is 7. The highest BCUT2D eigenvalue weighted by Gasteiger charge is 2.20. The fraction of sp³-hybridized carbons (Fsp3) is 0.450. The first-order valence-electron chi connectivity index (χ1n) is 9.37. The highest BCUT2D eigenvalue weighted by Crippen LogP contribution is 2.16. The van der Waals surface area contributed by atoms with Crippen LogP contribution in [0.15, 0.2) is 34.0 Å². The van der Waals surface area contributed by atoms with Crippen molar-refractivity contribution in [3.8, 4) is 5.75 Å². The van der Waals surface area contributed by atoms with Crippen LogP contribution in [0.25, 0.3) is 0 Å². The molecule has 3 rings (SSSR count). The van der Waals surface area contributed by atoms with Gasteiger partial charge in [-0.05, 0) is 49.9 Å². The molecule has 0 bridgehead atoms. The molecule has 2 aromatic rings. The number of aromatic nitrogens is 2. The Morgan fingerprint density at radius 1 is 1.29 bits per heavy atom. The number of nitrogens with one attached hydrogen (secondary N) is 2. The van der Waals surface area contributed by atoms with Crippen molar-refractivity contribution in [3.05, 3.63) is 61.9 Å². The molecule has 1 saturated heterocycles. The molecule has 2 heterocycles. The van der Waals surface area contributed by atoms with Crippen LogP contribution < -0.4 is 21.3 Å². The first-order valence-corrected chi connectivity index (χ1v) is 9.37. The molecule has 1 fully saturated rings. The molecular formula is C20H25N3O5. The summed E-state index contributed by atoms with van der Waals surface area (Å²) >= 11 is 0. The molecule has 8 heteroatoms. The van der Waals surface area contributed by atoms with E-state index in [0.717, 1.165) is 40.5 Å². The summed E-state index contributed by atoms with van der Waals surface area (Å²) in [4.78, 5) is 39.3. The minimum absolute atomic E-state index is 0.107. The number of carbonyl (C=O) groups is 1. The van der Waals surface area contributed by atoms with Crippen LogP contribution in [0.2, 0.25) is 0 Å². The Labute approximate surface area is 162 Å². The third-order valence-electron chi connectivity index (χ3n) is 4.57. The van der Waals surface area contributed by atoms with Gasteiger partial charge in [0.2, 0.25) is 0 Å². The van der Waals surface area contributed by atoms with Crippen LogP contribution >= 0.6 is 0 Å². The quantitative estimate of drug-likeness (QED) is 0.694. The Hall–Kier alpha value is -2.87. The average molecular weight is 387 g/mol. The number of ether oxygens (including phenoxy) is 2. The van der Waals surface area contributed by atoms with Gasteiger partial charge in [-0.15, -0.1) is 0 Å². The molecule has 0 spiro atoms. The molecule has 0 saturated carbocycles. The van der Waals surface area contributed by atoms with Crippen LogP contribution in [0.5, 0.6) is 5.75 Å². The van der Waals surface area contributed by atoms with Crippen molar-refractivity contribution >= 4 is 5.91 Å². The van der Waals surface area contributed by atoms with E-state index < -0.39 is 17.2 Å². The largest absolute Gasteiger partial charge is 0.492 e. The van der Waals surface area contributed by atoms with Crippen molar-refractivity contribution < 1.29 is 14.3 Å². The van der Waals surface area contributed by atoms with E-state index in [9.17, 15) is 14.4 Å². The van der Waals surface area contributed by atoms with Crippen LogP contribution in [0.3, 0.4) is 0 Å². The van der Waals surface area contributed by atoms with E-state index in [4.69, 9.17) is 9.47 Å². The maximum Gasteiger partial charge on any atom is 0.328 e. The lowest BCUT2D eigenvalue weighted by atomic mass is 10.1. The van der Waals surface area contributed by atoms with Crippen LogP contribution in [-0.2, 0) is 11.3 Å². The van der Waals surface area contributed by atoms with E-state index in [2.05, 4.69) is 10.3 Å². The Morgan fingerprint density at radius 2 is 2.04 bits per heavy atom. The minimum atomic E-state index is -0.619. The highest BCUT2D eigenvalue weighted by atomic mass is 16.5. The second kappa shape index (κ2) is 8.88.